The SMILES string of the molecule is CN1CCC2(CCN(S(=O)c3nc(Nc4c5c(cc6c4CCC6)CCC5)n[nH]3)C2)C1. The zero-order valence-corrected chi connectivity index (χ0v) is 18.5. The van der Waals surface area contributed by atoms with Gasteiger partial charge in [-0.3, -0.25) is 0 Å². The molecule has 160 valence electrons. The molecule has 1 aromatic carbocycles. The molecule has 8 heteroatoms. The topological polar surface area (TPSA) is 77.2 Å². The zero-order chi connectivity index (χ0) is 20.3. The number of aromatic nitrogens is 3. The first-order valence-corrected chi connectivity index (χ1v) is 12.4. The van der Waals surface area contributed by atoms with E-state index in [1.54, 1.807) is 0 Å². The summed E-state index contributed by atoms with van der Waals surface area (Å²) in [6, 6.07) is 2.43. The molecule has 30 heavy (non-hydrogen) atoms. The van der Waals surface area contributed by atoms with Crippen LogP contribution in [0.2, 0.25) is 0 Å². The van der Waals surface area contributed by atoms with Gasteiger partial charge in [-0.1, -0.05) is 6.07 Å². The van der Waals surface area contributed by atoms with Gasteiger partial charge in [-0.05, 0) is 92.6 Å². The van der Waals surface area contributed by atoms with Gasteiger partial charge in [-0.15, -0.1) is 5.10 Å². The predicted octanol–water partition coefficient (Wildman–Crippen LogP) is 2.58. The maximum atomic E-state index is 13.2. The molecule has 0 saturated carbocycles. The number of benzene rings is 1. The molecule has 4 aliphatic rings. The molecule has 2 fully saturated rings. The maximum absolute atomic E-state index is 13.2. The molecular weight excluding hydrogens is 396 g/mol. The van der Waals surface area contributed by atoms with Crippen LogP contribution in [0.25, 0.3) is 0 Å². The smallest absolute Gasteiger partial charge is 0.247 e. The third-order valence-electron chi connectivity index (χ3n) is 7.61. The first kappa shape index (κ1) is 19.0. The van der Waals surface area contributed by atoms with Crippen LogP contribution in [0.4, 0.5) is 11.6 Å². The van der Waals surface area contributed by atoms with Gasteiger partial charge in [0.05, 0.1) is 0 Å². The van der Waals surface area contributed by atoms with Crippen molar-refractivity contribution >= 4 is 22.6 Å². The van der Waals surface area contributed by atoms with E-state index in [4.69, 9.17) is 0 Å². The lowest BCUT2D eigenvalue weighted by Gasteiger charge is -2.22. The Balaban J connectivity index is 1.21. The van der Waals surface area contributed by atoms with Crippen molar-refractivity contribution < 1.29 is 4.21 Å². The second-order valence-electron chi connectivity index (χ2n) is 9.67. The molecular formula is C22H30N6OS. The van der Waals surface area contributed by atoms with Crippen LogP contribution in [0.3, 0.4) is 0 Å². The number of likely N-dealkylation sites (tertiary alicyclic amines) is 1. The van der Waals surface area contributed by atoms with Gasteiger partial charge in [0.1, 0.15) is 0 Å². The van der Waals surface area contributed by atoms with Gasteiger partial charge in [0.15, 0.2) is 11.0 Å². The van der Waals surface area contributed by atoms with E-state index in [9.17, 15) is 4.21 Å². The van der Waals surface area contributed by atoms with Gasteiger partial charge in [0.2, 0.25) is 11.1 Å². The van der Waals surface area contributed by atoms with Crippen molar-refractivity contribution in [2.45, 2.75) is 56.5 Å². The van der Waals surface area contributed by atoms with Crippen molar-refractivity contribution in [1.82, 2.24) is 24.4 Å². The second-order valence-corrected chi connectivity index (χ2v) is 11.1. The van der Waals surface area contributed by atoms with E-state index >= 15 is 0 Å². The first-order valence-electron chi connectivity index (χ1n) is 11.3. The number of hydrogen-bond donors (Lipinski definition) is 2. The third kappa shape index (κ3) is 3.11. The van der Waals surface area contributed by atoms with Crippen molar-refractivity contribution in [3.05, 3.63) is 28.3 Å². The Morgan fingerprint density at radius 1 is 1.07 bits per heavy atom. The molecule has 2 N–H and O–H groups in total. The molecule has 1 spiro atoms. The molecule has 2 atom stereocenters. The number of anilines is 2. The van der Waals surface area contributed by atoms with Crippen LogP contribution in [0, 0.1) is 5.41 Å². The first-order chi connectivity index (χ1) is 14.6. The highest BCUT2D eigenvalue weighted by Gasteiger charge is 2.44. The predicted molar refractivity (Wildman–Crippen MR) is 117 cm³/mol. The van der Waals surface area contributed by atoms with E-state index in [1.165, 1.54) is 60.0 Å². The van der Waals surface area contributed by atoms with Crippen LogP contribution in [0.5, 0.6) is 0 Å². The van der Waals surface area contributed by atoms with Crippen LogP contribution >= 0.6 is 0 Å². The molecule has 2 aromatic rings. The van der Waals surface area contributed by atoms with Crippen molar-refractivity contribution in [2.24, 2.45) is 5.41 Å². The Kier molecular flexibility index (Phi) is 4.51. The lowest BCUT2D eigenvalue weighted by Crippen LogP contribution is -2.31. The Labute approximate surface area is 180 Å². The van der Waals surface area contributed by atoms with E-state index in [0.29, 0.717) is 16.5 Å². The van der Waals surface area contributed by atoms with E-state index < -0.39 is 11.0 Å². The van der Waals surface area contributed by atoms with Gasteiger partial charge in [-0.2, -0.15) is 4.98 Å². The Bertz CT molecular complexity index is 987. The van der Waals surface area contributed by atoms with Gasteiger partial charge in [-0.25, -0.2) is 13.6 Å². The number of aromatic amines is 1. The van der Waals surface area contributed by atoms with E-state index in [-0.39, 0.29) is 0 Å². The van der Waals surface area contributed by atoms with Gasteiger partial charge in [0.25, 0.3) is 0 Å². The van der Waals surface area contributed by atoms with E-state index in [2.05, 4.69) is 42.8 Å². The summed E-state index contributed by atoms with van der Waals surface area (Å²) in [5.41, 5.74) is 7.38. The summed E-state index contributed by atoms with van der Waals surface area (Å²) in [7, 11) is 0.899. The molecule has 2 saturated heterocycles. The largest absolute Gasteiger partial charge is 0.322 e. The minimum atomic E-state index is -1.28. The van der Waals surface area contributed by atoms with Gasteiger partial charge >= 0.3 is 0 Å². The number of fused-ring (bicyclic) bond motifs is 2. The van der Waals surface area contributed by atoms with Crippen LogP contribution < -0.4 is 5.32 Å². The van der Waals surface area contributed by atoms with Crippen molar-refractivity contribution in [3.63, 3.8) is 0 Å². The number of nitrogens with one attached hydrogen (secondary N) is 2. The summed E-state index contributed by atoms with van der Waals surface area (Å²) in [5.74, 6) is 0.544. The molecule has 0 amide bonds. The summed E-state index contributed by atoms with van der Waals surface area (Å²) >= 11 is 0. The van der Waals surface area contributed by atoms with Crippen LogP contribution in [-0.2, 0) is 36.7 Å². The summed E-state index contributed by atoms with van der Waals surface area (Å²) < 4.78 is 15.2. The second kappa shape index (κ2) is 7.14. The fourth-order valence-corrected chi connectivity index (χ4v) is 7.29. The molecule has 3 heterocycles. The normalized spacial score (nSPS) is 27.1. The molecule has 0 radical (unpaired) electrons. The molecule has 0 bridgehead atoms. The lowest BCUT2D eigenvalue weighted by molar-refractivity contribution is 0.296. The minimum absolute atomic E-state index is 0.302. The highest BCUT2D eigenvalue weighted by atomic mass is 32.2. The monoisotopic (exact) mass is 426 g/mol. The lowest BCUT2D eigenvalue weighted by atomic mass is 9.87. The number of rotatable bonds is 4. The summed E-state index contributed by atoms with van der Waals surface area (Å²) in [5, 5.41) is 11.3. The van der Waals surface area contributed by atoms with Crippen molar-refractivity contribution in [1.29, 1.82) is 0 Å². The van der Waals surface area contributed by atoms with Crippen LogP contribution in [-0.4, -0.2) is 61.8 Å². The molecule has 2 unspecified atom stereocenters. The van der Waals surface area contributed by atoms with Crippen LogP contribution in [0.1, 0.15) is 47.9 Å². The van der Waals surface area contributed by atoms with E-state index in [1.807, 2.05) is 0 Å². The van der Waals surface area contributed by atoms with E-state index in [0.717, 1.165) is 45.4 Å². The summed E-state index contributed by atoms with van der Waals surface area (Å²) in [6.07, 6.45) is 9.36. The number of hydrogen-bond acceptors (Lipinski definition) is 5. The minimum Gasteiger partial charge on any atom is -0.322 e. The Hall–Kier alpha value is -1.77. The fourth-order valence-electron chi connectivity index (χ4n) is 6.11. The average Bonchev–Trinajstić information content (AvgIpc) is 3.53. The zero-order valence-electron chi connectivity index (χ0n) is 17.7. The number of H-pyrrole nitrogens is 1. The molecule has 7 nitrogen and oxygen atoms in total. The third-order valence-corrected chi connectivity index (χ3v) is 8.90. The van der Waals surface area contributed by atoms with Crippen LogP contribution in [0.15, 0.2) is 11.2 Å². The number of nitrogens with zero attached hydrogens (tertiary/aromatic N) is 4. The van der Waals surface area contributed by atoms with Gasteiger partial charge < -0.3 is 10.2 Å². The van der Waals surface area contributed by atoms with Gasteiger partial charge in [0, 0.05) is 25.3 Å². The number of aryl methyl sites for hydroxylation is 2. The molecule has 1 aromatic heterocycles. The molecule has 2 aliphatic carbocycles. The summed E-state index contributed by atoms with van der Waals surface area (Å²) in [4.78, 5) is 6.99. The maximum Gasteiger partial charge on any atom is 0.247 e. The summed E-state index contributed by atoms with van der Waals surface area (Å²) in [6.45, 7) is 3.99. The highest BCUT2D eigenvalue weighted by molar-refractivity contribution is 7.82. The quantitative estimate of drug-likeness (QED) is 0.786. The van der Waals surface area contributed by atoms with Crippen molar-refractivity contribution in [2.75, 3.05) is 38.5 Å². The van der Waals surface area contributed by atoms with Crippen molar-refractivity contribution in [3.8, 4) is 0 Å². The molecule has 2 aliphatic heterocycles. The molecule has 6 rings (SSSR count). The average molecular weight is 427 g/mol. The Morgan fingerprint density at radius 3 is 2.50 bits per heavy atom. The Morgan fingerprint density at radius 2 is 1.80 bits per heavy atom. The fraction of sp³-hybridized carbons (Fsp3) is 0.636. The standard InChI is InChI=1S/C22H30N6OS/c1-27-10-8-22(13-27)9-11-28(14-22)30(29)21-24-20(25-26-21)23-19-17-6-2-4-15(17)12-16-5-3-7-18(16)19/h12H,2-11,13-14H2,1H3,(H2,23,24,25,26). The highest BCUT2D eigenvalue weighted by Crippen LogP contribution is 2.41.